The van der Waals surface area contributed by atoms with E-state index in [1.165, 1.54) is 15.6 Å². The lowest BCUT2D eigenvalue weighted by Gasteiger charge is -2.28. The second-order valence-corrected chi connectivity index (χ2v) is 8.24. The number of carbonyl (C=O) groups is 1. The molecule has 0 aliphatic carbocycles. The van der Waals surface area contributed by atoms with Crippen LogP contribution in [0.3, 0.4) is 0 Å². The van der Waals surface area contributed by atoms with Crippen LogP contribution < -0.4 is 10.2 Å². The first-order chi connectivity index (χ1) is 14.8. The summed E-state index contributed by atoms with van der Waals surface area (Å²) in [5.74, 6) is -0.101. The Morgan fingerprint density at radius 2 is 1.73 bits per heavy atom. The molecule has 0 radical (unpaired) electrons. The molecule has 150 valence electrons. The van der Waals surface area contributed by atoms with E-state index in [0.29, 0.717) is 5.56 Å². The van der Waals surface area contributed by atoms with Gasteiger partial charge in [0.1, 0.15) is 0 Å². The summed E-state index contributed by atoms with van der Waals surface area (Å²) in [6.45, 7) is 3.31. The maximum Gasteiger partial charge on any atom is 0.255 e. The second kappa shape index (κ2) is 8.30. The van der Waals surface area contributed by atoms with Gasteiger partial charge in [-0.2, -0.15) is 0 Å². The number of rotatable bonds is 4. The molecule has 1 N–H and O–H groups in total. The third-order valence-electron chi connectivity index (χ3n) is 5.42. The van der Waals surface area contributed by atoms with Crippen molar-refractivity contribution in [3.63, 3.8) is 0 Å². The smallest absolute Gasteiger partial charge is 0.255 e. The SMILES string of the molecule is O=C(Nc1ccc(N2CCOCC2)cc1)c1cccc(-c2csc3ccccc23)c1. The Morgan fingerprint density at radius 3 is 2.57 bits per heavy atom. The number of thiophene rings is 1. The molecule has 1 fully saturated rings. The summed E-state index contributed by atoms with van der Waals surface area (Å²) in [5.41, 5.74) is 4.83. The lowest BCUT2D eigenvalue weighted by atomic mass is 10.0. The van der Waals surface area contributed by atoms with Gasteiger partial charge < -0.3 is 15.0 Å². The molecule has 1 aliphatic heterocycles. The van der Waals surface area contributed by atoms with E-state index in [1.54, 1.807) is 11.3 Å². The summed E-state index contributed by atoms with van der Waals surface area (Å²) in [4.78, 5) is 15.1. The first kappa shape index (κ1) is 18.9. The summed E-state index contributed by atoms with van der Waals surface area (Å²) in [7, 11) is 0. The van der Waals surface area contributed by atoms with Gasteiger partial charge in [-0.1, -0.05) is 30.3 Å². The summed E-state index contributed by atoms with van der Waals surface area (Å²) >= 11 is 1.73. The number of anilines is 2. The zero-order valence-corrected chi connectivity index (χ0v) is 17.3. The molecule has 1 aromatic heterocycles. The normalized spacial score (nSPS) is 14.1. The van der Waals surface area contributed by atoms with Gasteiger partial charge in [0.25, 0.3) is 5.91 Å². The molecular formula is C25H22N2O2S. The highest BCUT2D eigenvalue weighted by Gasteiger charge is 2.13. The van der Waals surface area contributed by atoms with Gasteiger partial charge in [-0.05, 0) is 53.4 Å². The van der Waals surface area contributed by atoms with Crippen LogP contribution in [-0.4, -0.2) is 32.2 Å². The predicted molar refractivity (Wildman–Crippen MR) is 125 cm³/mol. The largest absolute Gasteiger partial charge is 0.378 e. The third kappa shape index (κ3) is 3.82. The minimum atomic E-state index is -0.101. The van der Waals surface area contributed by atoms with Gasteiger partial charge in [0.05, 0.1) is 13.2 Å². The van der Waals surface area contributed by atoms with Gasteiger partial charge >= 0.3 is 0 Å². The van der Waals surface area contributed by atoms with Gasteiger partial charge in [-0.25, -0.2) is 0 Å². The fourth-order valence-corrected chi connectivity index (χ4v) is 4.78. The van der Waals surface area contributed by atoms with Crippen LogP contribution >= 0.6 is 11.3 Å². The second-order valence-electron chi connectivity index (χ2n) is 7.33. The zero-order chi connectivity index (χ0) is 20.3. The number of hydrogen-bond acceptors (Lipinski definition) is 4. The first-order valence-electron chi connectivity index (χ1n) is 10.1. The van der Waals surface area contributed by atoms with Crippen molar-refractivity contribution in [3.8, 4) is 11.1 Å². The molecule has 3 aromatic carbocycles. The number of nitrogens with one attached hydrogen (secondary N) is 1. The van der Waals surface area contributed by atoms with E-state index in [-0.39, 0.29) is 5.91 Å². The Kier molecular flexibility index (Phi) is 5.22. The minimum Gasteiger partial charge on any atom is -0.378 e. The monoisotopic (exact) mass is 414 g/mol. The maximum atomic E-state index is 12.9. The molecule has 1 saturated heterocycles. The van der Waals surface area contributed by atoms with E-state index in [0.717, 1.165) is 43.2 Å². The fourth-order valence-electron chi connectivity index (χ4n) is 3.81. The highest BCUT2D eigenvalue weighted by atomic mass is 32.1. The molecule has 5 heteroatoms. The molecule has 4 aromatic rings. The number of ether oxygens (including phenoxy) is 1. The van der Waals surface area contributed by atoms with Crippen molar-refractivity contribution in [1.29, 1.82) is 0 Å². The van der Waals surface area contributed by atoms with Crippen molar-refractivity contribution in [1.82, 2.24) is 0 Å². The molecule has 2 heterocycles. The van der Waals surface area contributed by atoms with E-state index in [1.807, 2.05) is 30.3 Å². The molecule has 0 atom stereocenters. The Labute approximate surface area is 179 Å². The first-order valence-corrected chi connectivity index (χ1v) is 11.0. The van der Waals surface area contributed by atoms with Crippen molar-refractivity contribution in [3.05, 3.63) is 83.7 Å². The van der Waals surface area contributed by atoms with Crippen LogP contribution in [0.25, 0.3) is 21.2 Å². The standard InChI is InChI=1S/C25H22N2O2S/c28-25(26-20-8-10-21(11-9-20)27-12-14-29-15-13-27)19-5-3-4-18(16-19)23-17-30-24-7-2-1-6-22(23)24/h1-11,16-17H,12-15H2,(H,26,28). The Balaban J connectivity index is 1.33. The molecule has 1 aliphatic rings. The number of nitrogens with zero attached hydrogens (tertiary/aromatic N) is 1. The van der Waals surface area contributed by atoms with Crippen molar-refractivity contribution in [2.75, 3.05) is 36.5 Å². The van der Waals surface area contributed by atoms with Crippen molar-refractivity contribution < 1.29 is 9.53 Å². The van der Waals surface area contributed by atoms with Gasteiger partial charge in [0.2, 0.25) is 0 Å². The van der Waals surface area contributed by atoms with Gasteiger partial charge in [0, 0.05) is 45.7 Å². The molecule has 0 bridgehead atoms. The summed E-state index contributed by atoms with van der Waals surface area (Å²) < 4.78 is 6.66. The van der Waals surface area contributed by atoms with E-state index in [2.05, 4.69) is 58.1 Å². The molecular weight excluding hydrogens is 392 g/mol. The average Bonchev–Trinajstić information content (AvgIpc) is 3.24. The van der Waals surface area contributed by atoms with E-state index in [9.17, 15) is 4.79 Å². The highest BCUT2D eigenvalue weighted by Crippen LogP contribution is 2.34. The number of amides is 1. The highest BCUT2D eigenvalue weighted by molar-refractivity contribution is 7.17. The predicted octanol–water partition coefficient (Wildman–Crippen LogP) is 5.66. The Morgan fingerprint density at radius 1 is 0.933 bits per heavy atom. The number of morpholine rings is 1. The summed E-state index contributed by atoms with van der Waals surface area (Å²) in [5, 5.41) is 6.40. The van der Waals surface area contributed by atoms with Crippen LogP contribution in [0.15, 0.2) is 78.2 Å². The summed E-state index contributed by atoms with van der Waals surface area (Å²) in [6.07, 6.45) is 0. The van der Waals surface area contributed by atoms with Crippen LogP contribution in [-0.2, 0) is 4.74 Å². The topological polar surface area (TPSA) is 41.6 Å². The Bertz CT molecular complexity index is 1180. The van der Waals surface area contributed by atoms with Crippen LogP contribution in [0.4, 0.5) is 11.4 Å². The molecule has 0 spiro atoms. The quantitative estimate of drug-likeness (QED) is 0.469. The lowest BCUT2D eigenvalue weighted by Crippen LogP contribution is -2.36. The number of hydrogen-bond donors (Lipinski definition) is 1. The summed E-state index contributed by atoms with van der Waals surface area (Å²) in [6, 6.07) is 24.2. The van der Waals surface area contributed by atoms with Crippen LogP contribution in [0.2, 0.25) is 0 Å². The van der Waals surface area contributed by atoms with Gasteiger partial charge in [-0.3, -0.25) is 4.79 Å². The molecule has 4 nitrogen and oxygen atoms in total. The molecule has 30 heavy (non-hydrogen) atoms. The molecule has 0 unspecified atom stereocenters. The molecule has 0 saturated carbocycles. The van der Waals surface area contributed by atoms with Crippen LogP contribution in [0.1, 0.15) is 10.4 Å². The van der Waals surface area contributed by atoms with Crippen LogP contribution in [0.5, 0.6) is 0 Å². The number of carbonyl (C=O) groups excluding carboxylic acids is 1. The van der Waals surface area contributed by atoms with Gasteiger partial charge in [0.15, 0.2) is 0 Å². The minimum absolute atomic E-state index is 0.101. The van der Waals surface area contributed by atoms with E-state index in [4.69, 9.17) is 4.74 Å². The zero-order valence-electron chi connectivity index (χ0n) is 16.5. The maximum absolute atomic E-state index is 12.9. The van der Waals surface area contributed by atoms with Gasteiger partial charge in [-0.15, -0.1) is 11.3 Å². The average molecular weight is 415 g/mol. The Hall–Kier alpha value is -3.15. The third-order valence-corrected chi connectivity index (χ3v) is 6.38. The molecule has 1 amide bonds. The van der Waals surface area contributed by atoms with E-state index < -0.39 is 0 Å². The van der Waals surface area contributed by atoms with Crippen LogP contribution in [0, 0.1) is 0 Å². The fraction of sp³-hybridized carbons (Fsp3) is 0.160. The van der Waals surface area contributed by atoms with E-state index >= 15 is 0 Å². The van der Waals surface area contributed by atoms with Crippen molar-refractivity contribution in [2.45, 2.75) is 0 Å². The van der Waals surface area contributed by atoms with Crippen molar-refractivity contribution >= 4 is 38.7 Å². The lowest BCUT2D eigenvalue weighted by molar-refractivity contribution is 0.102. The molecule has 5 rings (SSSR count). The number of benzene rings is 3. The van der Waals surface area contributed by atoms with Crippen molar-refractivity contribution in [2.24, 2.45) is 0 Å². The number of fused-ring (bicyclic) bond motifs is 1.